The maximum absolute atomic E-state index is 6.53. The molecule has 0 heterocycles. The van der Waals surface area contributed by atoms with Crippen LogP contribution >= 0.6 is 34.8 Å². The van der Waals surface area contributed by atoms with Crippen LogP contribution in [0.4, 0.5) is 0 Å². The Kier molecular flexibility index (Phi) is 4.21. The summed E-state index contributed by atoms with van der Waals surface area (Å²) in [5.41, 5.74) is 4.25. The van der Waals surface area contributed by atoms with Gasteiger partial charge in [-0.15, -0.1) is 11.6 Å². The molecule has 0 bridgehead atoms. The average Bonchev–Trinajstić information content (AvgIpc) is 2.34. The fourth-order valence-corrected chi connectivity index (χ4v) is 2.61. The highest BCUT2D eigenvalue weighted by Crippen LogP contribution is 2.34. The summed E-state index contributed by atoms with van der Waals surface area (Å²) in [6, 6.07) is 11.6. The molecule has 0 saturated heterocycles. The van der Waals surface area contributed by atoms with Gasteiger partial charge in [-0.3, -0.25) is 0 Å². The minimum atomic E-state index is -0.182. The number of alkyl halides is 1. The number of halogens is 3. The maximum atomic E-state index is 6.53. The van der Waals surface area contributed by atoms with Gasteiger partial charge in [0.15, 0.2) is 0 Å². The van der Waals surface area contributed by atoms with Gasteiger partial charge in [-0.25, -0.2) is 0 Å². The minimum Gasteiger partial charge on any atom is -0.113 e. The molecule has 2 aromatic carbocycles. The molecule has 94 valence electrons. The second-order valence-corrected chi connectivity index (χ2v) is 5.65. The molecular weight excluding hydrogens is 287 g/mol. The van der Waals surface area contributed by atoms with E-state index in [1.54, 1.807) is 0 Å². The first-order valence-corrected chi connectivity index (χ1v) is 6.84. The van der Waals surface area contributed by atoms with E-state index in [-0.39, 0.29) is 5.38 Å². The highest BCUT2D eigenvalue weighted by Gasteiger charge is 2.14. The van der Waals surface area contributed by atoms with Crippen LogP contribution in [0.3, 0.4) is 0 Å². The lowest BCUT2D eigenvalue weighted by molar-refractivity contribution is 1.10. The molecular formula is C15H13Cl3. The molecule has 0 aliphatic heterocycles. The second kappa shape index (κ2) is 5.52. The van der Waals surface area contributed by atoms with Gasteiger partial charge in [0.1, 0.15) is 0 Å². The zero-order chi connectivity index (χ0) is 13.3. The lowest BCUT2D eigenvalue weighted by Crippen LogP contribution is -1.97. The molecule has 0 aliphatic rings. The number of hydrogen-bond acceptors (Lipinski definition) is 0. The van der Waals surface area contributed by atoms with Crippen molar-refractivity contribution < 1.29 is 0 Å². The molecule has 3 heteroatoms. The summed E-state index contributed by atoms with van der Waals surface area (Å²) in [7, 11) is 0. The van der Waals surface area contributed by atoms with Crippen LogP contribution in [0, 0.1) is 13.8 Å². The van der Waals surface area contributed by atoms with Crippen LogP contribution in [-0.2, 0) is 0 Å². The van der Waals surface area contributed by atoms with Gasteiger partial charge in [-0.05, 0) is 54.3 Å². The van der Waals surface area contributed by atoms with E-state index in [1.165, 1.54) is 0 Å². The first kappa shape index (κ1) is 13.7. The van der Waals surface area contributed by atoms with Crippen molar-refractivity contribution in [2.75, 3.05) is 0 Å². The summed E-state index contributed by atoms with van der Waals surface area (Å²) in [5, 5.41) is 1.31. The second-order valence-electron chi connectivity index (χ2n) is 4.37. The van der Waals surface area contributed by atoms with Crippen LogP contribution in [0.2, 0.25) is 10.0 Å². The lowest BCUT2D eigenvalue weighted by atomic mass is 9.98. The third kappa shape index (κ3) is 2.83. The van der Waals surface area contributed by atoms with Gasteiger partial charge >= 0.3 is 0 Å². The number of aryl methyl sites for hydroxylation is 2. The Balaban J connectivity index is 2.42. The van der Waals surface area contributed by atoms with Gasteiger partial charge in [0.25, 0.3) is 0 Å². The van der Waals surface area contributed by atoms with Crippen molar-refractivity contribution in [3.63, 3.8) is 0 Å². The normalized spacial score (nSPS) is 12.5. The monoisotopic (exact) mass is 298 g/mol. The predicted octanol–water partition coefficient (Wildman–Crippen LogP) is 5.94. The standard InChI is InChI=1S/C15H13Cl3/c1-9-8-14(17)10(2)7-13(9)15(18)11-3-5-12(16)6-4-11/h3-8,15H,1-2H3. The highest BCUT2D eigenvalue weighted by molar-refractivity contribution is 6.31. The largest absolute Gasteiger partial charge is 0.113 e. The quantitative estimate of drug-likeness (QED) is 0.602. The molecule has 0 radical (unpaired) electrons. The van der Waals surface area contributed by atoms with Crippen molar-refractivity contribution in [3.8, 4) is 0 Å². The fraction of sp³-hybridized carbons (Fsp3) is 0.200. The smallest absolute Gasteiger partial charge is 0.0838 e. The fourth-order valence-electron chi connectivity index (χ4n) is 1.89. The Morgan fingerprint density at radius 2 is 1.50 bits per heavy atom. The van der Waals surface area contributed by atoms with Crippen molar-refractivity contribution in [2.24, 2.45) is 0 Å². The third-order valence-corrected chi connectivity index (χ3v) is 4.13. The van der Waals surface area contributed by atoms with Gasteiger partial charge < -0.3 is 0 Å². The summed E-state index contributed by atoms with van der Waals surface area (Å²) in [4.78, 5) is 0. The molecule has 0 amide bonds. The summed E-state index contributed by atoms with van der Waals surface area (Å²) in [6.07, 6.45) is 0. The molecule has 1 unspecified atom stereocenters. The number of hydrogen-bond donors (Lipinski definition) is 0. The molecule has 18 heavy (non-hydrogen) atoms. The van der Waals surface area contributed by atoms with E-state index in [9.17, 15) is 0 Å². The molecule has 0 nitrogen and oxygen atoms in total. The summed E-state index contributed by atoms with van der Waals surface area (Å²) < 4.78 is 0. The molecule has 0 spiro atoms. The minimum absolute atomic E-state index is 0.182. The van der Waals surface area contributed by atoms with E-state index >= 15 is 0 Å². The van der Waals surface area contributed by atoms with Gasteiger partial charge in [0, 0.05) is 10.0 Å². The Bertz CT molecular complexity index is 559. The summed E-state index contributed by atoms with van der Waals surface area (Å²) in [5.74, 6) is 0. The van der Waals surface area contributed by atoms with E-state index in [2.05, 4.69) is 0 Å². The molecule has 0 fully saturated rings. The number of benzene rings is 2. The first-order chi connectivity index (χ1) is 8.49. The van der Waals surface area contributed by atoms with Crippen LogP contribution in [0.15, 0.2) is 36.4 Å². The van der Waals surface area contributed by atoms with E-state index < -0.39 is 0 Å². The topological polar surface area (TPSA) is 0 Å². The van der Waals surface area contributed by atoms with Crippen molar-refractivity contribution in [2.45, 2.75) is 19.2 Å². The molecule has 0 aliphatic carbocycles. The zero-order valence-corrected chi connectivity index (χ0v) is 12.4. The van der Waals surface area contributed by atoms with Crippen molar-refractivity contribution in [3.05, 3.63) is 68.7 Å². The Hall–Kier alpha value is -0.690. The zero-order valence-electron chi connectivity index (χ0n) is 10.2. The number of rotatable bonds is 2. The van der Waals surface area contributed by atoms with Gasteiger partial charge in [0.2, 0.25) is 0 Å². The molecule has 0 aromatic heterocycles. The van der Waals surface area contributed by atoms with Crippen LogP contribution in [0.5, 0.6) is 0 Å². The van der Waals surface area contributed by atoms with Crippen molar-refractivity contribution in [1.82, 2.24) is 0 Å². The lowest BCUT2D eigenvalue weighted by Gasteiger charge is -2.15. The highest BCUT2D eigenvalue weighted by atomic mass is 35.5. The third-order valence-electron chi connectivity index (χ3n) is 2.98. The molecule has 0 N–H and O–H groups in total. The van der Waals surface area contributed by atoms with E-state index in [0.717, 1.165) is 27.3 Å². The van der Waals surface area contributed by atoms with E-state index in [4.69, 9.17) is 34.8 Å². The van der Waals surface area contributed by atoms with Crippen LogP contribution in [0.25, 0.3) is 0 Å². The Labute approximate surface area is 122 Å². The van der Waals surface area contributed by atoms with Crippen LogP contribution in [0.1, 0.15) is 27.6 Å². The van der Waals surface area contributed by atoms with Gasteiger partial charge in [-0.1, -0.05) is 41.4 Å². The van der Waals surface area contributed by atoms with Crippen molar-refractivity contribution in [1.29, 1.82) is 0 Å². The molecule has 1 atom stereocenters. The van der Waals surface area contributed by atoms with Gasteiger partial charge in [-0.2, -0.15) is 0 Å². The molecule has 0 saturated carbocycles. The van der Waals surface area contributed by atoms with Gasteiger partial charge in [0.05, 0.1) is 5.38 Å². The average molecular weight is 300 g/mol. The summed E-state index contributed by atoms with van der Waals surface area (Å²) >= 11 is 18.5. The summed E-state index contributed by atoms with van der Waals surface area (Å²) in [6.45, 7) is 4.00. The molecule has 2 aromatic rings. The Morgan fingerprint density at radius 1 is 0.889 bits per heavy atom. The van der Waals surface area contributed by atoms with E-state index in [1.807, 2.05) is 50.2 Å². The van der Waals surface area contributed by atoms with Crippen LogP contribution in [-0.4, -0.2) is 0 Å². The predicted molar refractivity (Wildman–Crippen MR) is 80.1 cm³/mol. The molecule has 2 rings (SSSR count). The first-order valence-electron chi connectivity index (χ1n) is 5.65. The Morgan fingerprint density at radius 3 is 2.11 bits per heavy atom. The van der Waals surface area contributed by atoms with Crippen molar-refractivity contribution >= 4 is 34.8 Å². The SMILES string of the molecule is Cc1cc(C(Cl)c2ccc(Cl)cc2)c(C)cc1Cl. The van der Waals surface area contributed by atoms with E-state index in [0.29, 0.717) is 5.02 Å². The van der Waals surface area contributed by atoms with Crippen LogP contribution < -0.4 is 0 Å². The maximum Gasteiger partial charge on any atom is 0.0838 e.